The Labute approximate surface area is 120 Å². The van der Waals surface area contributed by atoms with Crippen molar-refractivity contribution in [3.8, 4) is 11.8 Å². The van der Waals surface area contributed by atoms with Crippen molar-refractivity contribution in [2.45, 2.75) is 37.4 Å². The van der Waals surface area contributed by atoms with Crippen LogP contribution >= 0.6 is 0 Å². The Morgan fingerprint density at radius 3 is 2.75 bits per heavy atom. The van der Waals surface area contributed by atoms with Gasteiger partial charge in [-0.05, 0) is 31.0 Å². The second kappa shape index (κ2) is 6.78. The van der Waals surface area contributed by atoms with Crippen molar-refractivity contribution in [1.29, 1.82) is 0 Å². The van der Waals surface area contributed by atoms with Gasteiger partial charge in [0, 0.05) is 17.7 Å². The van der Waals surface area contributed by atoms with Gasteiger partial charge in [0.25, 0.3) is 0 Å². The number of nitrogens with one attached hydrogen (secondary N) is 1. The van der Waals surface area contributed by atoms with Gasteiger partial charge in [-0.25, -0.2) is 8.42 Å². The number of benzene rings is 1. The van der Waals surface area contributed by atoms with Gasteiger partial charge < -0.3 is 5.11 Å². The highest BCUT2D eigenvalue weighted by Crippen LogP contribution is 2.26. The van der Waals surface area contributed by atoms with Crippen LogP contribution in [-0.2, 0) is 10.0 Å². The van der Waals surface area contributed by atoms with Crippen LogP contribution in [0.25, 0.3) is 0 Å². The van der Waals surface area contributed by atoms with E-state index in [1.54, 1.807) is 18.2 Å². The van der Waals surface area contributed by atoms with Crippen LogP contribution in [0.15, 0.2) is 24.3 Å². The van der Waals surface area contributed by atoms with Crippen LogP contribution in [-0.4, -0.2) is 25.4 Å². The first kappa shape index (κ1) is 14.9. The molecule has 1 aromatic rings. The van der Waals surface area contributed by atoms with Crippen molar-refractivity contribution in [3.05, 3.63) is 29.8 Å². The minimum atomic E-state index is -3.29. The zero-order valence-corrected chi connectivity index (χ0v) is 12.1. The Bertz CT molecular complexity index is 607. The van der Waals surface area contributed by atoms with E-state index in [0.717, 1.165) is 31.2 Å². The quantitative estimate of drug-likeness (QED) is 0.836. The number of anilines is 1. The van der Waals surface area contributed by atoms with Crippen molar-refractivity contribution in [1.82, 2.24) is 0 Å². The average molecular weight is 293 g/mol. The highest BCUT2D eigenvalue weighted by atomic mass is 32.2. The first-order valence-corrected chi connectivity index (χ1v) is 8.38. The molecule has 0 heterocycles. The topological polar surface area (TPSA) is 66.4 Å². The molecule has 108 valence electrons. The molecule has 0 saturated heterocycles. The van der Waals surface area contributed by atoms with Crippen LogP contribution in [0.3, 0.4) is 0 Å². The molecule has 0 spiro atoms. The van der Waals surface area contributed by atoms with Crippen molar-refractivity contribution in [2.75, 3.05) is 11.3 Å². The summed E-state index contributed by atoms with van der Waals surface area (Å²) in [4.78, 5) is 0. The Kier molecular flexibility index (Phi) is 5.05. The highest BCUT2D eigenvalue weighted by Gasteiger charge is 2.28. The molecule has 0 bridgehead atoms. The van der Waals surface area contributed by atoms with E-state index in [9.17, 15) is 8.42 Å². The fourth-order valence-corrected chi connectivity index (χ4v) is 3.90. The second-order valence-corrected chi connectivity index (χ2v) is 6.87. The molecular weight excluding hydrogens is 274 g/mol. The lowest BCUT2D eigenvalue weighted by atomic mass is 10.2. The zero-order chi connectivity index (χ0) is 14.4. The van der Waals surface area contributed by atoms with Crippen LogP contribution in [0.4, 0.5) is 5.69 Å². The standard InChI is InChI=1S/C15H19NO3S/c17-11-4-3-6-13-7-5-8-14(12-13)16-20(18,19)15-9-1-2-10-15/h5,7-8,12,15-17H,1-2,4,9-11H2. The molecule has 1 aliphatic carbocycles. The van der Waals surface area contributed by atoms with E-state index in [1.165, 1.54) is 0 Å². The van der Waals surface area contributed by atoms with Crippen LogP contribution in [0, 0.1) is 11.8 Å². The van der Waals surface area contributed by atoms with Crippen molar-refractivity contribution < 1.29 is 13.5 Å². The first-order valence-electron chi connectivity index (χ1n) is 6.83. The molecule has 20 heavy (non-hydrogen) atoms. The lowest BCUT2D eigenvalue weighted by Gasteiger charge is -2.13. The van der Waals surface area contributed by atoms with Gasteiger partial charge in [0.2, 0.25) is 10.0 Å². The van der Waals surface area contributed by atoms with Gasteiger partial charge in [-0.1, -0.05) is 30.7 Å². The summed E-state index contributed by atoms with van der Waals surface area (Å²) in [5.41, 5.74) is 1.29. The molecule has 2 N–H and O–H groups in total. The number of rotatable bonds is 4. The number of hydrogen-bond acceptors (Lipinski definition) is 3. The highest BCUT2D eigenvalue weighted by molar-refractivity contribution is 7.93. The van der Waals surface area contributed by atoms with Crippen molar-refractivity contribution >= 4 is 15.7 Å². The predicted octanol–water partition coefficient (Wildman–Crippen LogP) is 2.10. The van der Waals surface area contributed by atoms with E-state index >= 15 is 0 Å². The molecule has 1 aromatic carbocycles. The summed E-state index contributed by atoms with van der Waals surface area (Å²) < 4.78 is 27.0. The smallest absolute Gasteiger partial charge is 0.235 e. The lowest BCUT2D eigenvalue weighted by Crippen LogP contribution is -2.25. The summed E-state index contributed by atoms with van der Waals surface area (Å²) in [6.07, 6.45) is 3.87. The first-order chi connectivity index (χ1) is 9.62. The summed E-state index contributed by atoms with van der Waals surface area (Å²) in [6.45, 7) is 0.0288. The van der Waals surface area contributed by atoms with E-state index in [-0.39, 0.29) is 11.9 Å². The Hall–Kier alpha value is -1.51. The summed E-state index contributed by atoms with van der Waals surface area (Å²) in [7, 11) is -3.29. The number of sulfonamides is 1. The molecule has 0 amide bonds. The van der Waals surface area contributed by atoms with E-state index in [0.29, 0.717) is 12.1 Å². The third-order valence-corrected chi connectivity index (χ3v) is 5.20. The molecule has 5 heteroatoms. The van der Waals surface area contributed by atoms with Gasteiger partial charge in [0.15, 0.2) is 0 Å². The molecule has 1 saturated carbocycles. The number of hydrogen-bond donors (Lipinski definition) is 2. The van der Waals surface area contributed by atoms with Gasteiger partial charge in [0.05, 0.1) is 11.9 Å². The molecule has 0 radical (unpaired) electrons. The molecular formula is C15H19NO3S. The van der Waals surface area contributed by atoms with Crippen LogP contribution in [0.1, 0.15) is 37.7 Å². The van der Waals surface area contributed by atoms with E-state index in [1.807, 2.05) is 6.07 Å². The number of aliphatic hydroxyl groups excluding tert-OH is 1. The average Bonchev–Trinajstić information content (AvgIpc) is 2.94. The fraction of sp³-hybridized carbons (Fsp3) is 0.467. The minimum Gasteiger partial charge on any atom is -0.395 e. The fourth-order valence-electron chi connectivity index (χ4n) is 2.33. The minimum absolute atomic E-state index is 0.0288. The molecule has 0 atom stereocenters. The molecule has 4 nitrogen and oxygen atoms in total. The Balaban J connectivity index is 2.10. The van der Waals surface area contributed by atoms with Gasteiger partial charge >= 0.3 is 0 Å². The Morgan fingerprint density at radius 1 is 1.30 bits per heavy atom. The maximum absolute atomic E-state index is 12.2. The lowest BCUT2D eigenvalue weighted by molar-refractivity contribution is 0.305. The molecule has 1 aliphatic rings. The van der Waals surface area contributed by atoms with Gasteiger partial charge in [-0.2, -0.15) is 0 Å². The predicted molar refractivity (Wildman–Crippen MR) is 79.8 cm³/mol. The Morgan fingerprint density at radius 2 is 2.05 bits per heavy atom. The second-order valence-electron chi connectivity index (χ2n) is 4.91. The summed E-state index contributed by atoms with van der Waals surface area (Å²) in [6, 6.07) is 7.04. The van der Waals surface area contributed by atoms with Crippen LogP contribution < -0.4 is 4.72 Å². The van der Waals surface area contributed by atoms with Crippen molar-refractivity contribution in [2.24, 2.45) is 0 Å². The van der Waals surface area contributed by atoms with Gasteiger partial charge in [-0.3, -0.25) is 4.72 Å². The van der Waals surface area contributed by atoms with E-state index in [2.05, 4.69) is 16.6 Å². The third kappa shape index (κ3) is 3.99. The molecule has 2 rings (SSSR count). The van der Waals surface area contributed by atoms with Crippen LogP contribution in [0.5, 0.6) is 0 Å². The van der Waals surface area contributed by atoms with E-state index in [4.69, 9.17) is 5.11 Å². The zero-order valence-electron chi connectivity index (χ0n) is 11.3. The summed E-state index contributed by atoms with van der Waals surface area (Å²) in [5.74, 6) is 5.72. The van der Waals surface area contributed by atoms with E-state index < -0.39 is 10.0 Å². The maximum atomic E-state index is 12.2. The van der Waals surface area contributed by atoms with Crippen molar-refractivity contribution in [3.63, 3.8) is 0 Å². The monoisotopic (exact) mass is 293 g/mol. The third-order valence-electron chi connectivity index (χ3n) is 3.33. The van der Waals surface area contributed by atoms with Gasteiger partial charge in [-0.15, -0.1) is 0 Å². The van der Waals surface area contributed by atoms with Gasteiger partial charge in [0.1, 0.15) is 0 Å². The molecule has 0 aromatic heterocycles. The maximum Gasteiger partial charge on any atom is 0.235 e. The summed E-state index contributed by atoms with van der Waals surface area (Å²) >= 11 is 0. The number of aliphatic hydroxyl groups is 1. The molecule has 0 aliphatic heterocycles. The molecule has 0 unspecified atom stereocenters. The van der Waals surface area contributed by atoms with Crippen LogP contribution in [0.2, 0.25) is 0 Å². The molecule has 1 fully saturated rings. The normalized spacial score (nSPS) is 15.7. The summed E-state index contributed by atoms with van der Waals surface area (Å²) in [5, 5.41) is 8.41. The SMILES string of the molecule is O=S(=O)(Nc1cccc(C#CCCO)c1)C1CCCC1. The largest absolute Gasteiger partial charge is 0.395 e.